The first-order valence-electron chi connectivity index (χ1n) is 12.3. The van der Waals surface area contributed by atoms with E-state index in [0.29, 0.717) is 18.9 Å². The minimum atomic E-state index is -0.632. The molecule has 8 heteroatoms. The van der Waals surface area contributed by atoms with Crippen molar-refractivity contribution in [3.63, 3.8) is 0 Å². The lowest BCUT2D eigenvalue weighted by atomic mass is 10.0. The summed E-state index contributed by atoms with van der Waals surface area (Å²) >= 11 is 0. The van der Waals surface area contributed by atoms with E-state index >= 15 is 0 Å². The maximum Gasteiger partial charge on any atom is 0.134 e. The average molecular weight is 490 g/mol. The van der Waals surface area contributed by atoms with Crippen LogP contribution in [0.5, 0.6) is 5.75 Å². The van der Waals surface area contributed by atoms with Crippen molar-refractivity contribution in [3.8, 4) is 5.75 Å². The number of aliphatic imine (C=N–C) groups is 2. The molecule has 186 valence electrons. The van der Waals surface area contributed by atoms with E-state index in [1.54, 1.807) is 24.0 Å². The number of nitrogens with zero attached hydrogens (tertiary/aromatic N) is 5. The molecule has 0 spiro atoms. The second-order valence-electron chi connectivity index (χ2n) is 9.26. The van der Waals surface area contributed by atoms with E-state index in [1.807, 2.05) is 31.3 Å². The molecule has 1 fully saturated rings. The molecule has 1 atom stereocenters. The molecule has 1 aliphatic carbocycles. The Balaban J connectivity index is 1.48. The van der Waals surface area contributed by atoms with Crippen molar-refractivity contribution in [1.29, 1.82) is 0 Å². The molecular formula is C28H29F2N5O. The third kappa shape index (κ3) is 4.98. The molecular weight excluding hydrogens is 460 g/mol. The predicted molar refractivity (Wildman–Crippen MR) is 137 cm³/mol. The van der Waals surface area contributed by atoms with Crippen molar-refractivity contribution in [3.05, 3.63) is 76.9 Å². The Kier molecular flexibility index (Phi) is 6.76. The number of hydrogen-bond donors (Lipinski definition) is 0. The van der Waals surface area contributed by atoms with Gasteiger partial charge in [-0.3, -0.25) is 19.7 Å². The Hall–Kier alpha value is -3.68. The van der Waals surface area contributed by atoms with Gasteiger partial charge < -0.3 is 4.74 Å². The molecule has 1 aromatic carbocycles. The molecule has 1 unspecified atom stereocenters. The lowest BCUT2D eigenvalue weighted by Gasteiger charge is -2.11. The van der Waals surface area contributed by atoms with Crippen molar-refractivity contribution in [1.82, 2.24) is 14.8 Å². The molecule has 0 N–H and O–H groups in total. The Morgan fingerprint density at radius 1 is 1.14 bits per heavy atom. The quantitative estimate of drug-likeness (QED) is 0.385. The fourth-order valence-corrected chi connectivity index (χ4v) is 4.54. The Morgan fingerprint density at radius 3 is 2.53 bits per heavy atom. The molecule has 2 aromatic heterocycles. The fraction of sp³-hybridized carbons (Fsp3) is 0.357. The first-order valence-corrected chi connectivity index (χ1v) is 12.3. The maximum absolute atomic E-state index is 14.8. The fourth-order valence-electron chi connectivity index (χ4n) is 4.54. The van der Waals surface area contributed by atoms with Gasteiger partial charge in [-0.15, -0.1) is 0 Å². The molecule has 6 nitrogen and oxygen atoms in total. The van der Waals surface area contributed by atoms with E-state index in [-0.39, 0.29) is 23.8 Å². The van der Waals surface area contributed by atoms with Gasteiger partial charge in [-0.05, 0) is 38.8 Å². The van der Waals surface area contributed by atoms with Crippen LogP contribution in [0.25, 0.3) is 5.70 Å². The summed E-state index contributed by atoms with van der Waals surface area (Å²) in [5.74, 6) is -0.672. The third-order valence-electron chi connectivity index (χ3n) is 6.58. The van der Waals surface area contributed by atoms with Crippen LogP contribution in [0.4, 0.5) is 14.5 Å². The van der Waals surface area contributed by atoms with Gasteiger partial charge >= 0.3 is 0 Å². The predicted octanol–water partition coefficient (Wildman–Crippen LogP) is 6.41. The van der Waals surface area contributed by atoms with Gasteiger partial charge in [0.15, 0.2) is 0 Å². The summed E-state index contributed by atoms with van der Waals surface area (Å²) in [6, 6.07) is 6.22. The van der Waals surface area contributed by atoms with Gasteiger partial charge in [-0.25, -0.2) is 8.78 Å². The van der Waals surface area contributed by atoms with Crippen LogP contribution in [0, 0.1) is 24.5 Å². The molecule has 36 heavy (non-hydrogen) atoms. The molecule has 0 radical (unpaired) electrons. The molecule has 2 aliphatic rings. The number of rotatable bonds is 7. The molecule has 0 saturated heterocycles. The summed E-state index contributed by atoms with van der Waals surface area (Å²) < 4.78 is 36.7. The number of hydrogen-bond acceptors (Lipinski definition) is 5. The number of halogens is 2. The number of pyridine rings is 1. The summed E-state index contributed by atoms with van der Waals surface area (Å²) in [5.41, 5.74) is 5.37. The van der Waals surface area contributed by atoms with Crippen molar-refractivity contribution >= 4 is 23.3 Å². The van der Waals surface area contributed by atoms with Crippen molar-refractivity contribution in [2.45, 2.75) is 52.5 Å². The zero-order valence-electron chi connectivity index (χ0n) is 20.7. The van der Waals surface area contributed by atoms with Crippen molar-refractivity contribution in [2.24, 2.45) is 15.9 Å². The van der Waals surface area contributed by atoms with Crippen LogP contribution in [0.1, 0.15) is 61.5 Å². The molecule has 0 amide bonds. The van der Waals surface area contributed by atoms with Gasteiger partial charge in [-0.2, -0.15) is 5.10 Å². The largest absolute Gasteiger partial charge is 0.494 e. The van der Waals surface area contributed by atoms with Crippen LogP contribution >= 0.6 is 0 Å². The summed E-state index contributed by atoms with van der Waals surface area (Å²) in [6.45, 7) is 6.22. The highest BCUT2D eigenvalue weighted by atomic mass is 19.1. The van der Waals surface area contributed by atoms with Gasteiger partial charge in [0.25, 0.3) is 0 Å². The van der Waals surface area contributed by atoms with Crippen LogP contribution in [-0.4, -0.2) is 33.3 Å². The lowest BCUT2D eigenvalue weighted by molar-refractivity contribution is 0.335. The van der Waals surface area contributed by atoms with E-state index in [4.69, 9.17) is 19.8 Å². The highest BCUT2D eigenvalue weighted by molar-refractivity contribution is 6.03. The number of ether oxygens (including phenoxy) is 1. The molecule has 0 bridgehead atoms. The lowest BCUT2D eigenvalue weighted by Crippen LogP contribution is -2.10. The molecule has 3 heterocycles. The zero-order valence-corrected chi connectivity index (χ0v) is 20.7. The van der Waals surface area contributed by atoms with Gasteiger partial charge in [0.2, 0.25) is 0 Å². The summed E-state index contributed by atoms with van der Waals surface area (Å²) in [7, 11) is 0. The summed E-state index contributed by atoms with van der Waals surface area (Å²) in [6.07, 6.45) is 10.1. The minimum Gasteiger partial charge on any atom is -0.494 e. The second-order valence-corrected chi connectivity index (χ2v) is 9.26. The molecule has 3 aromatic rings. The van der Waals surface area contributed by atoms with Crippen LogP contribution in [0.15, 0.2) is 52.7 Å². The van der Waals surface area contributed by atoms with Crippen LogP contribution < -0.4 is 4.74 Å². The van der Waals surface area contributed by atoms with Gasteiger partial charge in [0, 0.05) is 71.5 Å². The normalized spacial score (nSPS) is 18.9. The number of benzene rings is 1. The maximum atomic E-state index is 14.8. The highest BCUT2D eigenvalue weighted by Crippen LogP contribution is 2.43. The third-order valence-corrected chi connectivity index (χ3v) is 6.58. The van der Waals surface area contributed by atoms with Gasteiger partial charge in [0.05, 0.1) is 24.5 Å². The second kappa shape index (κ2) is 10.1. The van der Waals surface area contributed by atoms with Crippen LogP contribution in [0.3, 0.4) is 0 Å². The van der Waals surface area contributed by atoms with E-state index in [0.717, 1.165) is 46.9 Å². The van der Waals surface area contributed by atoms with Gasteiger partial charge in [-0.1, -0.05) is 13.0 Å². The Morgan fingerprint density at radius 2 is 1.86 bits per heavy atom. The summed E-state index contributed by atoms with van der Waals surface area (Å²) in [4.78, 5) is 13.6. The highest BCUT2D eigenvalue weighted by Gasteiger charge is 2.32. The van der Waals surface area contributed by atoms with Crippen molar-refractivity contribution in [2.75, 3.05) is 6.61 Å². The number of aromatic nitrogens is 3. The van der Waals surface area contributed by atoms with Crippen molar-refractivity contribution < 1.29 is 13.5 Å². The Labute approximate surface area is 209 Å². The molecule has 1 saturated carbocycles. The first kappa shape index (κ1) is 24.0. The molecule has 1 aliphatic heterocycles. The smallest absolute Gasteiger partial charge is 0.134 e. The average Bonchev–Trinajstić information content (AvgIpc) is 3.66. The minimum absolute atomic E-state index is 0.0128. The summed E-state index contributed by atoms with van der Waals surface area (Å²) in [5, 5.41) is 4.83. The monoisotopic (exact) mass is 489 g/mol. The van der Waals surface area contributed by atoms with Crippen LogP contribution in [-0.2, 0) is 6.54 Å². The van der Waals surface area contributed by atoms with E-state index in [2.05, 4.69) is 11.9 Å². The van der Waals surface area contributed by atoms with Gasteiger partial charge in [0.1, 0.15) is 23.1 Å². The number of allylic oxidation sites excluding steroid dienone is 1. The van der Waals surface area contributed by atoms with Crippen LogP contribution in [0.2, 0.25) is 0 Å². The standard InChI is InChI=1S/C28H29F2N5O/c1-4-36-21-13-23(29)22(24(30)14-21)16-35-28(19-5-6-19)18(3)27(34-35)26-8-7-25(17(2)15-32-26)33-20-9-11-31-12-10-20/h8-15,17,19H,4-7,16H2,1-3H3. The zero-order chi connectivity index (χ0) is 25.2. The molecule has 5 rings (SSSR count). The SMILES string of the molecule is CCOc1cc(F)c(Cn2nc(C3=CCC(=Nc4ccncc4)C(C)C=N3)c(C)c2C2CC2)c(F)c1. The van der Waals surface area contributed by atoms with E-state index < -0.39 is 11.6 Å². The van der Waals surface area contributed by atoms with E-state index in [9.17, 15) is 8.78 Å². The first-order chi connectivity index (χ1) is 17.4. The van der Waals surface area contributed by atoms with E-state index in [1.165, 1.54) is 12.1 Å². The Bertz CT molecular complexity index is 1330. The topological polar surface area (TPSA) is 64.7 Å².